The van der Waals surface area contributed by atoms with Crippen LogP contribution in [0, 0.1) is 5.13 Å². The van der Waals surface area contributed by atoms with Crippen molar-refractivity contribution >= 4 is 33.6 Å². The molecule has 10 heavy (non-hydrogen) atoms. The number of carbonyl (C=O) groups excluding carboxylic acids is 1. The van der Waals surface area contributed by atoms with Crippen molar-refractivity contribution in [1.82, 2.24) is 0 Å². The molecule has 1 atom stereocenters. The van der Waals surface area contributed by atoms with Crippen LogP contribution in [0.5, 0.6) is 0 Å². The van der Waals surface area contributed by atoms with Crippen LogP contribution in [0.2, 0.25) is 0 Å². The highest BCUT2D eigenvalue weighted by Gasteiger charge is 2.07. The van der Waals surface area contributed by atoms with Gasteiger partial charge < -0.3 is 4.79 Å². The smallest absolute Gasteiger partial charge is 0.176 e. The zero-order chi connectivity index (χ0) is 7.56. The van der Waals surface area contributed by atoms with Crippen LogP contribution in [0.25, 0.3) is 0 Å². The molecule has 0 aromatic carbocycles. The molecule has 1 unspecified atom stereocenters. The lowest BCUT2D eigenvalue weighted by molar-refractivity contribution is -0.107. The summed E-state index contributed by atoms with van der Waals surface area (Å²) in [5, 5.41) is -0.263. The van der Waals surface area contributed by atoms with Gasteiger partial charge in [0.05, 0.1) is 0 Å². The average molecular weight is 223 g/mol. The molecule has 0 saturated carbocycles. The number of halogens is 2. The first-order valence-corrected chi connectivity index (χ1v) is 4.32. The van der Waals surface area contributed by atoms with Gasteiger partial charge in [-0.2, -0.15) is 4.39 Å². The standard InChI is InChI=1S/C6H4BrFOS/c7-4(3-9)5-1-2-6(8)10-5/h1-4H. The first-order chi connectivity index (χ1) is 4.74. The molecule has 0 fully saturated rings. The predicted molar refractivity (Wildman–Crippen MR) is 42.0 cm³/mol. The second kappa shape index (κ2) is 3.25. The first kappa shape index (κ1) is 7.88. The van der Waals surface area contributed by atoms with Gasteiger partial charge >= 0.3 is 0 Å². The molecule has 54 valence electrons. The summed E-state index contributed by atoms with van der Waals surface area (Å²) in [6.07, 6.45) is 0.727. The van der Waals surface area contributed by atoms with Crippen LogP contribution in [0.15, 0.2) is 12.1 Å². The molecule has 0 saturated heterocycles. The summed E-state index contributed by atoms with van der Waals surface area (Å²) < 4.78 is 12.3. The largest absolute Gasteiger partial charge is 0.302 e. The third kappa shape index (κ3) is 1.64. The zero-order valence-corrected chi connectivity index (χ0v) is 7.28. The Morgan fingerprint density at radius 1 is 1.70 bits per heavy atom. The lowest BCUT2D eigenvalue weighted by Crippen LogP contribution is -1.83. The molecule has 0 spiro atoms. The van der Waals surface area contributed by atoms with E-state index in [1.807, 2.05) is 0 Å². The Morgan fingerprint density at radius 3 is 2.80 bits per heavy atom. The van der Waals surface area contributed by atoms with Crippen molar-refractivity contribution in [2.75, 3.05) is 0 Å². The molecule has 0 N–H and O–H groups in total. The molecule has 0 radical (unpaired) electrons. The van der Waals surface area contributed by atoms with Crippen LogP contribution < -0.4 is 0 Å². The number of thiophene rings is 1. The molecule has 0 bridgehead atoms. The van der Waals surface area contributed by atoms with Gasteiger partial charge in [-0.3, -0.25) is 0 Å². The normalized spacial score (nSPS) is 13.0. The Labute approximate surface area is 70.0 Å². The maximum atomic E-state index is 12.3. The summed E-state index contributed by atoms with van der Waals surface area (Å²) in [4.78, 5) is 10.5. The summed E-state index contributed by atoms with van der Waals surface area (Å²) in [6.45, 7) is 0. The Hall–Kier alpha value is -0.220. The molecular formula is C6H4BrFOS. The van der Waals surface area contributed by atoms with Crippen molar-refractivity contribution in [2.24, 2.45) is 0 Å². The monoisotopic (exact) mass is 222 g/mol. The van der Waals surface area contributed by atoms with Crippen molar-refractivity contribution in [1.29, 1.82) is 0 Å². The van der Waals surface area contributed by atoms with E-state index in [2.05, 4.69) is 15.9 Å². The quantitative estimate of drug-likeness (QED) is 0.556. The van der Waals surface area contributed by atoms with E-state index in [1.54, 1.807) is 6.07 Å². The van der Waals surface area contributed by atoms with Crippen LogP contribution in [-0.4, -0.2) is 6.29 Å². The van der Waals surface area contributed by atoms with Crippen molar-refractivity contribution < 1.29 is 9.18 Å². The Bertz CT molecular complexity index is 235. The summed E-state index contributed by atoms with van der Waals surface area (Å²) in [5.74, 6) is 0. The molecule has 0 amide bonds. The van der Waals surface area contributed by atoms with Gasteiger partial charge in [-0.15, -0.1) is 11.3 Å². The van der Waals surface area contributed by atoms with Crippen molar-refractivity contribution in [2.45, 2.75) is 4.83 Å². The Balaban J connectivity index is 2.84. The molecule has 1 heterocycles. The number of aldehydes is 1. The van der Waals surface area contributed by atoms with Gasteiger partial charge in [0, 0.05) is 4.88 Å². The van der Waals surface area contributed by atoms with Crippen molar-refractivity contribution in [3.8, 4) is 0 Å². The predicted octanol–water partition coefficient (Wildman–Crippen LogP) is 2.52. The van der Waals surface area contributed by atoms with Crippen LogP contribution >= 0.6 is 27.3 Å². The SMILES string of the molecule is O=CC(Br)c1ccc(F)s1. The summed E-state index contributed by atoms with van der Waals surface area (Å²) in [7, 11) is 0. The molecule has 4 heteroatoms. The fourth-order valence-corrected chi connectivity index (χ4v) is 1.64. The number of hydrogen-bond acceptors (Lipinski definition) is 2. The molecule has 0 aliphatic rings. The van der Waals surface area contributed by atoms with E-state index in [9.17, 15) is 9.18 Å². The van der Waals surface area contributed by atoms with Gasteiger partial charge in [-0.05, 0) is 12.1 Å². The van der Waals surface area contributed by atoms with E-state index >= 15 is 0 Å². The van der Waals surface area contributed by atoms with Crippen LogP contribution in [0.4, 0.5) is 4.39 Å². The Kier molecular flexibility index (Phi) is 2.56. The summed E-state index contributed by atoms with van der Waals surface area (Å²) >= 11 is 4.05. The highest BCUT2D eigenvalue weighted by molar-refractivity contribution is 9.09. The van der Waals surface area contributed by atoms with E-state index < -0.39 is 0 Å². The number of alkyl halides is 1. The molecule has 1 aromatic rings. The zero-order valence-electron chi connectivity index (χ0n) is 4.88. The topological polar surface area (TPSA) is 17.1 Å². The maximum absolute atomic E-state index is 12.3. The van der Waals surface area contributed by atoms with Crippen LogP contribution in [0.1, 0.15) is 9.70 Å². The minimum Gasteiger partial charge on any atom is -0.302 e. The highest BCUT2D eigenvalue weighted by Crippen LogP contribution is 2.26. The molecule has 1 rings (SSSR count). The average Bonchev–Trinajstić information content (AvgIpc) is 2.34. The second-order valence-corrected chi connectivity index (χ2v) is 3.73. The minimum atomic E-state index is -0.359. The molecular weight excluding hydrogens is 219 g/mol. The van der Waals surface area contributed by atoms with E-state index in [4.69, 9.17) is 0 Å². The number of carbonyl (C=O) groups is 1. The van der Waals surface area contributed by atoms with E-state index in [0.29, 0.717) is 4.88 Å². The van der Waals surface area contributed by atoms with Gasteiger partial charge in [-0.25, -0.2) is 0 Å². The van der Waals surface area contributed by atoms with E-state index in [0.717, 1.165) is 17.6 Å². The van der Waals surface area contributed by atoms with Gasteiger partial charge in [0.25, 0.3) is 0 Å². The van der Waals surface area contributed by atoms with Crippen molar-refractivity contribution in [3.05, 3.63) is 22.1 Å². The third-order valence-corrected chi connectivity index (χ3v) is 2.95. The Morgan fingerprint density at radius 2 is 2.40 bits per heavy atom. The highest BCUT2D eigenvalue weighted by atomic mass is 79.9. The van der Waals surface area contributed by atoms with E-state index in [1.165, 1.54) is 6.07 Å². The fraction of sp³-hybridized carbons (Fsp3) is 0.167. The minimum absolute atomic E-state index is 0.263. The lowest BCUT2D eigenvalue weighted by Gasteiger charge is -1.92. The summed E-state index contributed by atoms with van der Waals surface area (Å²) in [6, 6.07) is 2.94. The summed E-state index contributed by atoms with van der Waals surface area (Å²) in [5.41, 5.74) is 0. The van der Waals surface area contributed by atoms with Gasteiger partial charge in [0.15, 0.2) is 5.13 Å². The molecule has 1 aromatic heterocycles. The van der Waals surface area contributed by atoms with Crippen molar-refractivity contribution in [3.63, 3.8) is 0 Å². The van der Waals surface area contributed by atoms with Gasteiger partial charge in [-0.1, -0.05) is 15.9 Å². The second-order valence-electron chi connectivity index (χ2n) is 1.68. The van der Waals surface area contributed by atoms with Gasteiger partial charge in [0.1, 0.15) is 11.1 Å². The maximum Gasteiger partial charge on any atom is 0.176 e. The molecule has 0 aliphatic heterocycles. The molecule has 1 nitrogen and oxygen atoms in total. The number of hydrogen-bond donors (Lipinski definition) is 0. The first-order valence-electron chi connectivity index (χ1n) is 2.58. The fourth-order valence-electron chi connectivity index (χ4n) is 0.544. The lowest BCUT2D eigenvalue weighted by atomic mass is 10.4. The van der Waals surface area contributed by atoms with Crippen LogP contribution in [-0.2, 0) is 4.79 Å². The number of rotatable bonds is 2. The van der Waals surface area contributed by atoms with Crippen LogP contribution in [0.3, 0.4) is 0 Å². The molecule has 0 aliphatic carbocycles. The van der Waals surface area contributed by atoms with E-state index in [-0.39, 0.29) is 9.96 Å². The van der Waals surface area contributed by atoms with Gasteiger partial charge in [0.2, 0.25) is 0 Å². The third-order valence-electron chi connectivity index (χ3n) is 0.985.